The minimum absolute atomic E-state index is 0.0608. The summed E-state index contributed by atoms with van der Waals surface area (Å²) in [6.45, 7) is 1.22. The van der Waals surface area contributed by atoms with Crippen LogP contribution in [0.3, 0.4) is 0 Å². The molecule has 2 aromatic rings. The Balaban J connectivity index is 1.84. The van der Waals surface area contributed by atoms with Gasteiger partial charge in [0, 0.05) is 13.2 Å². The fourth-order valence-corrected chi connectivity index (χ4v) is 2.30. The number of amides is 1. The number of carbonyl (C=O) groups excluding carboxylic acids is 1. The molecule has 0 aliphatic heterocycles. The number of benzene rings is 2. The zero-order valence-electron chi connectivity index (χ0n) is 14.3. The fraction of sp³-hybridized carbons (Fsp3) is 0.263. The standard InChI is InChI=1S/C19H22N2O4S/c22-12-6-11-20-19(26)21-18(23)16-9-4-5-10-17(16)25-14-13-24-15-7-2-1-3-8-15/h1-5,7-10,22H,6,11-14H2,(H2,20,21,23,26). The van der Waals surface area contributed by atoms with Gasteiger partial charge in [-0.05, 0) is 42.9 Å². The molecule has 0 fully saturated rings. The van der Waals surface area contributed by atoms with Crippen LogP contribution in [0, 0.1) is 0 Å². The zero-order chi connectivity index (χ0) is 18.6. The lowest BCUT2D eigenvalue weighted by Gasteiger charge is -2.13. The van der Waals surface area contributed by atoms with Gasteiger partial charge in [-0.3, -0.25) is 10.1 Å². The van der Waals surface area contributed by atoms with Gasteiger partial charge < -0.3 is 19.9 Å². The van der Waals surface area contributed by atoms with E-state index in [1.807, 2.05) is 30.3 Å². The first-order chi connectivity index (χ1) is 12.7. The Labute approximate surface area is 158 Å². The van der Waals surface area contributed by atoms with E-state index in [1.165, 1.54) is 0 Å². The molecule has 0 unspecified atom stereocenters. The molecule has 0 radical (unpaired) electrons. The Bertz CT molecular complexity index is 710. The van der Waals surface area contributed by atoms with Crippen LogP contribution in [0.5, 0.6) is 11.5 Å². The maximum Gasteiger partial charge on any atom is 0.261 e. The van der Waals surface area contributed by atoms with E-state index in [9.17, 15) is 4.79 Å². The molecule has 0 aliphatic carbocycles. The third kappa shape index (κ3) is 6.70. The Morgan fingerprint density at radius 3 is 2.46 bits per heavy atom. The van der Waals surface area contributed by atoms with Crippen molar-refractivity contribution in [3.8, 4) is 11.5 Å². The number of carbonyl (C=O) groups is 1. The van der Waals surface area contributed by atoms with Gasteiger partial charge in [0.15, 0.2) is 5.11 Å². The van der Waals surface area contributed by atoms with Crippen LogP contribution in [0.4, 0.5) is 0 Å². The molecule has 0 saturated carbocycles. The second-order valence-corrected chi connectivity index (χ2v) is 5.70. The quantitative estimate of drug-likeness (QED) is 0.461. The summed E-state index contributed by atoms with van der Waals surface area (Å²) in [7, 11) is 0. The molecule has 6 nitrogen and oxygen atoms in total. The Morgan fingerprint density at radius 2 is 1.69 bits per heavy atom. The van der Waals surface area contributed by atoms with Crippen LogP contribution in [0.15, 0.2) is 54.6 Å². The van der Waals surface area contributed by atoms with E-state index >= 15 is 0 Å². The molecule has 0 atom stereocenters. The summed E-state index contributed by atoms with van der Waals surface area (Å²) >= 11 is 5.06. The van der Waals surface area contributed by atoms with Gasteiger partial charge in [-0.25, -0.2) is 0 Å². The molecule has 0 bridgehead atoms. The van der Waals surface area contributed by atoms with E-state index in [0.29, 0.717) is 37.5 Å². The molecule has 0 saturated heterocycles. The van der Waals surface area contributed by atoms with Gasteiger partial charge in [0.25, 0.3) is 5.91 Å². The van der Waals surface area contributed by atoms with E-state index in [-0.39, 0.29) is 17.6 Å². The highest BCUT2D eigenvalue weighted by atomic mass is 32.1. The van der Waals surface area contributed by atoms with Crippen molar-refractivity contribution in [1.29, 1.82) is 0 Å². The van der Waals surface area contributed by atoms with Crippen LogP contribution in [-0.2, 0) is 0 Å². The van der Waals surface area contributed by atoms with Crippen molar-refractivity contribution in [1.82, 2.24) is 10.6 Å². The molecule has 2 aromatic carbocycles. The number of nitrogens with one attached hydrogen (secondary N) is 2. The molecule has 7 heteroatoms. The molecular weight excluding hydrogens is 352 g/mol. The Hall–Kier alpha value is -2.64. The normalized spacial score (nSPS) is 10.0. The summed E-state index contributed by atoms with van der Waals surface area (Å²) in [6.07, 6.45) is 0.553. The summed E-state index contributed by atoms with van der Waals surface area (Å²) in [5, 5.41) is 14.4. The Morgan fingerprint density at radius 1 is 1.00 bits per heavy atom. The number of thiocarbonyl (C=S) groups is 1. The predicted molar refractivity (Wildman–Crippen MR) is 104 cm³/mol. The van der Waals surface area contributed by atoms with Gasteiger partial charge in [-0.1, -0.05) is 30.3 Å². The van der Waals surface area contributed by atoms with Crippen molar-refractivity contribution in [3.05, 3.63) is 60.2 Å². The van der Waals surface area contributed by atoms with Crippen molar-refractivity contribution in [2.45, 2.75) is 6.42 Å². The highest BCUT2D eigenvalue weighted by Gasteiger charge is 2.13. The number of aliphatic hydroxyl groups excluding tert-OH is 1. The highest BCUT2D eigenvalue weighted by Crippen LogP contribution is 2.18. The smallest absolute Gasteiger partial charge is 0.261 e. The van der Waals surface area contributed by atoms with Gasteiger partial charge in [0.1, 0.15) is 24.7 Å². The fourth-order valence-electron chi connectivity index (χ4n) is 2.10. The lowest BCUT2D eigenvalue weighted by atomic mass is 10.2. The lowest BCUT2D eigenvalue weighted by molar-refractivity contribution is 0.0971. The maximum atomic E-state index is 12.4. The molecule has 3 N–H and O–H groups in total. The number of hydrogen-bond acceptors (Lipinski definition) is 5. The van der Waals surface area contributed by atoms with Gasteiger partial charge in [-0.2, -0.15) is 0 Å². The first kappa shape index (κ1) is 19.7. The number of para-hydroxylation sites is 2. The first-order valence-corrected chi connectivity index (χ1v) is 8.71. The molecular formula is C19H22N2O4S. The van der Waals surface area contributed by atoms with Crippen LogP contribution < -0.4 is 20.1 Å². The minimum Gasteiger partial charge on any atom is -0.490 e. The highest BCUT2D eigenvalue weighted by molar-refractivity contribution is 7.80. The van der Waals surface area contributed by atoms with Crippen molar-refractivity contribution in [2.75, 3.05) is 26.4 Å². The molecule has 26 heavy (non-hydrogen) atoms. The van der Waals surface area contributed by atoms with Crippen molar-refractivity contribution < 1.29 is 19.4 Å². The van der Waals surface area contributed by atoms with Gasteiger partial charge in [0.2, 0.25) is 0 Å². The molecule has 138 valence electrons. The zero-order valence-corrected chi connectivity index (χ0v) is 15.1. The van der Waals surface area contributed by atoms with E-state index in [4.69, 9.17) is 26.8 Å². The van der Waals surface area contributed by atoms with Crippen LogP contribution in [0.2, 0.25) is 0 Å². The summed E-state index contributed by atoms with van der Waals surface area (Å²) in [5.41, 5.74) is 0.388. The molecule has 0 aromatic heterocycles. The average molecular weight is 374 g/mol. The van der Waals surface area contributed by atoms with Gasteiger partial charge in [-0.15, -0.1) is 0 Å². The molecule has 0 spiro atoms. The second-order valence-electron chi connectivity index (χ2n) is 5.29. The summed E-state index contributed by atoms with van der Waals surface area (Å²) < 4.78 is 11.2. The number of aliphatic hydroxyl groups is 1. The summed E-state index contributed by atoms with van der Waals surface area (Å²) in [5.74, 6) is 0.868. The molecule has 0 heterocycles. The second kappa shape index (κ2) is 11.1. The third-order valence-corrected chi connectivity index (χ3v) is 3.58. The lowest BCUT2D eigenvalue weighted by Crippen LogP contribution is -2.39. The van der Waals surface area contributed by atoms with Crippen LogP contribution >= 0.6 is 12.2 Å². The van der Waals surface area contributed by atoms with Gasteiger partial charge >= 0.3 is 0 Å². The number of ether oxygens (including phenoxy) is 2. The molecule has 0 aliphatic rings. The van der Waals surface area contributed by atoms with Crippen molar-refractivity contribution >= 4 is 23.2 Å². The largest absolute Gasteiger partial charge is 0.490 e. The van der Waals surface area contributed by atoms with Crippen molar-refractivity contribution in [2.24, 2.45) is 0 Å². The van der Waals surface area contributed by atoms with E-state index in [1.54, 1.807) is 24.3 Å². The third-order valence-electron chi connectivity index (χ3n) is 3.33. The van der Waals surface area contributed by atoms with Crippen LogP contribution in [-0.4, -0.2) is 42.5 Å². The first-order valence-electron chi connectivity index (χ1n) is 8.30. The maximum absolute atomic E-state index is 12.4. The predicted octanol–water partition coefficient (Wildman–Crippen LogP) is 2.13. The summed E-state index contributed by atoms with van der Waals surface area (Å²) in [4.78, 5) is 12.4. The average Bonchev–Trinajstić information content (AvgIpc) is 2.66. The van der Waals surface area contributed by atoms with Crippen LogP contribution in [0.25, 0.3) is 0 Å². The van der Waals surface area contributed by atoms with Crippen molar-refractivity contribution in [3.63, 3.8) is 0 Å². The minimum atomic E-state index is -0.355. The van der Waals surface area contributed by atoms with E-state index < -0.39 is 0 Å². The SMILES string of the molecule is O=C(NC(=S)NCCCO)c1ccccc1OCCOc1ccccc1. The van der Waals surface area contributed by atoms with Gasteiger partial charge in [0.05, 0.1) is 5.56 Å². The molecule has 1 amide bonds. The number of rotatable bonds is 9. The molecule has 2 rings (SSSR count). The van der Waals surface area contributed by atoms with Crippen LogP contribution in [0.1, 0.15) is 16.8 Å². The van der Waals surface area contributed by atoms with E-state index in [0.717, 1.165) is 5.75 Å². The summed E-state index contributed by atoms with van der Waals surface area (Å²) in [6, 6.07) is 16.4. The Kier molecular flexibility index (Phi) is 8.38. The topological polar surface area (TPSA) is 79.8 Å². The van der Waals surface area contributed by atoms with E-state index in [2.05, 4.69) is 10.6 Å². The monoisotopic (exact) mass is 374 g/mol. The number of hydrogen-bond donors (Lipinski definition) is 3.